The first kappa shape index (κ1) is 21.5. The van der Waals surface area contributed by atoms with Crippen molar-refractivity contribution < 1.29 is 19.4 Å². The normalized spacial score (nSPS) is 13.4. The highest BCUT2D eigenvalue weighted by atomic mass is 32.2. The molecule has 1 rings (SSSR count). The van der Waals surface area contributed by atoms with E-state index in [1.54, 1.807) is 23.9 Å². The number of carbonyl (C=O) groups is 2. The first-order chi connectivity index (χ1) is 11.4. The Bertz CT molecular complexity index is 585. The van der Waals surface area contributed by atoms with E-state index in [9.17, 15) is 9.59 Å². The van der Waals surface area contributed by atoms with Crippen molar-refractivity contribution in [3.63, 3.8) is 0 Å². The fourth-order valence-electron chi connectivity index (χ4n) is 1.93. The summed E-state index contributed by atoms with van der Waals surface area (Å²) in [6, 6.07) is 6.85. The Hall–Kier alpha value is -1.53. The summed E-state index contributed by atoms with van der Waals surface area (Å²) < 4.78 is 5.31. The van der Waals surface area contributed by atoms with Crippen LogP contribution in [0, 0.1) is 5.41 Å². The summed E-state index contributed by atoms with van der Waals surface area (Å²) in [6.07, 6.45) is 0. The number of rotatable bonds is 7. The zero-order valence-electron chi connectivity index (χ0n) is 15.9. The molecule has 0 bridgehead atoms. The van der Waals surface area contributed by atoms with Gasteiger partial charge in [-0.2, -0.15) is 0 Å². The van der Waals surface area contributed by atoms with E-state index in [-0.39, 0.29) is 22.4 Å². The third-order valence-electron chi connectivity index (χ3n) is 3.24. The van der Waals surface area contributed by atoms with E-state index in [0.717, 1.165) is 5.56 Å². The summed E-state index contributed by atoms with van der Waals surface area (Å²) in [7, 11) is 0. The second-order valence-corrected chi connectivity index (χ2v) is 9.17. The molecule has 0 aliphatic rings. The summed E-state index contributed by atoms with van der Waals surface area (Å²) in [6.45, 7) is 12.1. The largest absolute Gasteiger partial charge is 0.478 e. The van der Waals surface area contributed by atoms with E-state index >= 15 is 0 Å². The number of carboxylic acids is 1. The van der Waals surface area contributed by atoms with Crippen LogP contribution >= 0.6 is 11.8 Å². The fourth-order valence-corrected chi connectivity index (χ4v) is 3.13. The molecule has 1 aromatic carbocycles. The minimum absolute atomic E-state index is 0.0174. The zero-order chi connectivity index (χ0) is 19.3. The van der Waals surface area contributed by atoms with Gasteiger partial charge in [0.25, 0.3) is 0 Å². The predicted molar refractivity (Wildman–Crippen MR) is 102 cm³/mol. The third kappa shape index (κ3) is 7.92. The van der Waals surface area contributed by atoms with Crippen LogP contribution in [0.4, 0.5) is 0 Å². The number of thioether (sulfide) groups is 1. The quantitative estimate of drug-likeness (QED) is 0.429. The standard InChI is InChI=1S/C19H29NO4S/c1-18(2,3)17(23)24-11-12-25-15(20-19(4,5)6)13-7-9-14(10-8-13)16(21)22/h7-10,15,20H,11-12H2,1-6H3,(H,21,22). The Morgan fingerprint density at radius 3 is 2.12 bits per heavy atom. The molecule has 1 unspecified atom stereocenters. The summed E-state index contributed by atoms with van der Waals surface area (Å²) in [5, 5.41) is 12.5. The maximum atomic E-state index is 11.8. The van der Waals surface area contributed by atoms with Crippen molar-refractivity contribution in [2.45, 2.75) is 52.5 Å². The van der Waals surface area contributed by atoms with Gasteiger partial charge in [-0.15, -0.1) is 11.8 Å². The van der Waals surface area contributed by atoms with Gasteiger partial charge in [0.15, 0.2) is 0 Å². The molecule has 0 fully saturated rings. The van der Waals surface area contributed by atoms with Crippen LogP contribution in [0.15, 0.2) is 24.3 Å². The van der Waals surface area contributed by atoms with Gasteiger partial charge >= 0.3 is 11.9 Å². The molecule has 0 radical (unpaired) electrons. The van der Waals surface area contributed by atoms with Crippen LogP contribution in [0.5, 0.6) is 0 Å². The lowest BCUT2D eigenvalue weighted by atomic mass is 9.97. The number of nitrogens with one attached hydrogen (secondary N) is 1. The molecule has 0 aliphatic carbocycles. The van der Waals surface area contributed by atoms with Crippen LogP contribution < -0.4 is 5.32 Å². The highest BCUT2D eigenvalue weighted by molar-refractivity contribution is 7.99. The number of aromatic carboxylic acids is 1. The zero-order valence-corrected chi connectivity index (χ0v) is 16.7. The number of carbonyl (C=O) groups excluding carboxylic acids is 1. The van der Waals surface area contributed by atoms with Crippen LogP contribution in [0.3, 0.4) is 0 Å². The molecule has 1 atom stereocenters. The number of ether oxygens (including phenoxy) is 1. The monoisotopic (exact) mass is 367 g/mol. The lowest BCUT2D eigenvalue weighted by Gasteiger charge is -2.28. The third-order valence-corrected chi connectivity index (χ3v) is 4.36. The highest BCUT2D eigenvalue weighted by Gasteiger charge is 2.23. The predicted octanol–water partition coefficient (Wildman–Crippen LogP) is 4.09. The van der Waals surface area contributed by atoms with Crippen LogP contribution in [0.25, 0.3) is 0 Å². The van der Waals surface area contributed by atoms with Crippen molar-refractivity contribution in [2.24, 2.45) is 5.41 Å². The van der Waals surface area contributed by atoms with Gasteiger partial charge in [-0.1, -0.05) is 12.1 Å². The molecule has 0 heterocycles. The van der Waals surface area contributed by atoms with Gasteiger partial charge in [-0.25, -0.2) is 4.79 Å². The molecule has 6 heteroatoms. The van der Waals surface area contributed by atoms with E-state index in [2.05, 4.69) is 26.1 Å². The second kappa shape index (κ2) is 8.72. The Morgan fingerprint density at radius 1 is 1.12 bits per heavy atom. The molecule has 5 nitrogen and oxygen atoms in total. The average Bonchev–Trinajstić information content (AvgIpc) is 2.48. The van der Waals surface area contributed by atoms with Crippen molar-refractivity contribution in [2.75, 3.05) is 12.4 Å². The van der Waals surface area contributed by atoms with E-state index in [1.807, 2.05) is 32.9 Å². The Balaban J connectivity index is 2.71. The van der Waals surface area contributed by atoms with E-state index in [0.29, 0.717) is 12.4 Å². The van der Waals surface area contributed by atoms with Gasteiger partial charge in [0.2, 0.25) is 0 Å². The molecular formula is C19H29NO4S. The summed E-state index contributed by atoms with van der Waals surface area (Å²) in [5.41, 5.74) is 0.653. The SMILES string of the molecule is CC(C)(C)NC(SCCOC(=O)C(C)(C)C)c1ccc(C(=O)O)cc1. The van der Waals surface area contributed by atoms with Crippen LogP contribution in [0.2, 0.25) is 0 Å². The van der Waals surface area contributed by atoms with Crippen LogP contribution in [0.1, 0.15) is 62.8 Å². The van der Waals surface area contributed by atoms with E-state index < -0.39 is 11.4 Å². The van der Waals surface area contributed by atoms with E-state index in [4.69, 9.17) is 9.84 Å². The smallest absolute Gasteiger partial charge is 0.335 e. The van der Waals surface area contributed by atoms with Gasteiger partial charge < -0.3 is 9.84 Å². The molecule has 1 aromatic rings. The van der Waals surface area contributed by atoms with Crippen LogP contribution in [-0.4, -0.2) is 34.9 Å². The molecule has 0 amide bonds. The second-order valence-electron chi connectivity index (χ2n) is 7.96. The topological polar surface area (TPSA) is 75.6 Å². The first-order valence-electron chi connectivity index (χ1n) is 8.30. The maximum Gasteiger partial charge on any atom is 0.335 e. The molecule has 0 saturated heterocycles. The van der Waals surface area contributed by atoms with Gasteiger partial charge in [-0.3, -0.25) is 10.1 Å². The number of carboxylic acid groups (broad SMARTS) is 1. The number of esters is 1. The van der Waals surface area contributed by atoms with Gasteiger partial charge in [0.05, 0.1) is 16.4 Å². The molecule has 0 saturated carbocycles. The van der Waals surface area contributed by atoms with Gasteiger partial charge in [0, 0.05) is 11.3 Å². The molecule has 0 spiro atoms. The molecule has 0 aromatic heterocycles. The molecule has 25 heavy (non-hydrogen) atoms. The van der Waals surface area contributed by atoms with E-state index in [1.165, 1.54) is 0 Å². The van der Waals surface area contributed by atoms with Crippen LogP contribution in [-0.2, 0) is 9.53 Å². The average molecular weight is 368 g/mol. The number of hydrogen-bond donors (Lipinski definition) is 2. The van der Waals surface area contributed by atoms with Crippen molar-refractivity contribution >= 4 is 23.7 Å². The lowest BCUT2D eigenvalue weighted by Crippen LogP contribution is -2.38. The highest BCUT2D eigenvalue weighted by Crippen LogP contribution is 2.29. The first-order valence-corrected chi connectivity index (χ1v) is 9.35. The fraction of sp³-hybridized carbons (Fsp3) is 0.579. The van der Waals surface area contributed by atoms with Gasteiger partial charge in [-0.05, 0) is 59.2 Å². The van der Waals surface area contributed by atoms with Crippen molar-refractivity contribution in [1.82, 2.24) is 5.32 Å². The van der Waals surface area contributed by atoms with Crippen molar-refractivity contribution in [3.05, 3.63) is 35.4 Å². The Labute approximate surface area is 154 Å². The number of benzene rings is 1. The molecule has 2 N–H and O–H groups in total. The van der Waals surface area contributed by atoms with Crippen molar-refractivity contribution in [3.8, 4) is 0 Å². The minimum atomic E-state index is -0.936. The number of hydrogen-bond acceptors (Lipinski definition) is 5. The van der Waals surface area contributed by atoms with Gasteiger partial charge in [0.1, 0.15) is 6.61 Å². The molecule has 140 valence electrons. The minimum Gasteiger partial charge on any atom is -0.478 e. The molecular weight excluding hydrogens is 338 g/mol. The summed E-state index contributed by atoms with van der Waals surface area (Å²) in [4.78, 5) is 22.8. The lowest BCUT2D eigenvalue weighted by molar-refractivity contribution is -0.152. The summed E-state index contributed by atoms with van der Waals surface area (Å²) >= 11 is 1.63. The maximum absolute atomic E-state index is 11.8. The summed E-state index contributed by atoms with van der Waals surface area (Å²) in [5.74, 6) is -0.496. The molecule has 0 aliphatic heterocycles. The van der Waals surface area contributed by atoms with Crippen molar-refractivity contribution in [1.29, 1.82) is 0 Å². The Kier molecular flexibility index (Phi) is 7.50. The Morgan fingerprint density at radius 2 is 1.68 bits per heavy atom.